The Morgan fingerprint density at radius 3 is 2.50 bits per heavy atom. The maximum absolute atomic E-state index is 12.3. The van der Waals surface area contributed by atoms with E-state index in [1.807, 2.05) is 0 Å². The summed E-state index contributed by atoms with van der Waals surface area (Å²) >= 11 is 0. The highest BCUT2D eigenvalue weighted by Crippen LogP contribution is 2.27. The molecule has 7 heteroatoms. The van der Waals surface area contributed by atoms with Crippen LogP contribution >= 0.6 is 0 Å². The van der Waals surface area contributed by atoms with Gasteiger partial charge in [0.05, 0.1) is 23.0 Å². The van der Waals surface area contributed by atoms with Gasteiger partial charge in [0.2, 0.25) is 10.0 Å². The monoisotopic (exact) mass is 299 g/mol. The lowest BCUT2D eigenvalue weighted by Crippen LogP contribution is -2.61. The van der Waals surface area contributed by atoms with Gasteiger partial charge >= 0.3 is 5.97 Å². The first-order valence-corrected chi connectivity index (χ1v) is 7.70. The van der Waals surface area contributed by atoms with E-state index in [1.165, 1.54) is 19.1 Å². The Hall–Kier alpha value is -1.44. The number of carbonyl (C=O) groups is 1. The van der Waals surface area contributed by atoms with Crippen molar-refractivity contribution in [3.63, 3.8) is 0 Å². The van der Waals surface area contributed by atoms with E-state index < -0.39 is 33.7 Å². The van der Waals surface area contributed by atoms with Gasteiger partial charge in [-0.3, -0.25) is 4.79 Å². The van der Waals surface area contributed by atoms with Gasteiger partial charge in [0.25, 0.3) is 0 Å². The number of esters is 1. The van der Waals surface area contributed by atoms with Crippen LogP contribution in [0.2, 0.25) is 0 Å². The summed E-state index contributed by atoms with van der Waals surface area (Å²) in [5.74, 6) is -0.544. The Labute approximate surface area is 117 Å². The van der Waals surface area contributed by atoms with E-state index in [2.05, 4.69) is 4.72 Å². The van der Waals surface area contributed by atoms with Gasteiger partial charge in [0, 0.05) is 0 Å². The molecule has 0 amide bonds. The number of hydrogen-bond donors (Lipinski definition) is 2. The predicted octanol–water partition coefficient (Wildman–Crippen LogP) is 0.420. The van der Waals surface area contributed by atoms with E-state index in [0.29, 0.717) is 0 Å². The highest BCUT2D eigenvalue weighted by Gasteiger charge is 2.46. The maximum atomic E-state index is 12.3. The molecule has 0 aliphatic carbocycles. The van der Waals surface area contributed by atoms with Crippen molar-refractivity contribution in [1.29, 1.82) is 0 Å². The molecule has 1 aromatic rings. The number of nitrogens with one attached hydrogen (secondary N) is 1. The van der Waals surface area contributed by atoms with E-state index in [0.717, 1.165) is 0 Å². The van der Waals surface area contributed by atoms with Crippen LogP contribution in [0.5, 0.6) is 0 Å². The molecule has 0 bridgehead atoms. The fourth-order valence-corrected chi connectivity index (χ4v) is 3.71. The van der Waals surface area contributed by atoms with Crippen molar-refractivity contribution in [2.24, 2.45) is 0 Å². The first-order chi connectivity index (χ1) is 9.22. The van der Waals surface area contributed by atoms with Gasteiger partial charge in [-0.2, -0.15) is 0 Å². The fourth-order valence-electron chi connectivity index (χ4n) is 2.28. The normalized spacial score (nSPS) is 30.9. The summed E-state index contributed by atoms with van der Waals surface area (Å²) < 4.78 is 31.9. The highest BCUT2D eigenvalue weighted by molar-refractivity contribution is 7.89. The smallest absolute Gasteiger partial charge is 0.309 e. The Morgan fingerprint density at radius 2 is 1.95 bits per heavy atom. The van der Waals surface area contributed by atoms with Crippen molar-refractivity contribution in [3.8, 4) is 0 Å². The lowest BCUT2D eigenvalue weighted by Gasteiger charge is -2.40. The van der Waals surface area contributed by atoms with Crippen molar-refractivity contribution in [2.45, 2.75) is 42.9 Å². The molecule has 2 rings (SSSR count). The number of carbonyl (C=O) groups excluding carboxylic acids is 1. The standard InChI is InChI=1S/C13H17NO5S/c1-9-12(13(2,16)8-11(15)19-9)14-20(17,18)10-6-4-3-5-7-10/h3-7,9,12,14,16H,8H2,1-2H3/t9-,12+,13-/m1/s1. The summed E-state index contributed by atoms with van der Waals surface area (Å²) in [6, 6.07) is 6.94. The minimum absolute atomic E-state index is 0.0971. The number of cyclic esters (lactones) is 1. The summed E-state index contributed by atoms with van der Waals surface area (Å²) in [7, 11) is -3.78. The third-order valence-corrected chi connectivity index (χ3v) is 4.75. The Morgan fingerprint density at radius 1 is 1.35 bits per heavy atom. The van der Waals surface area contributed by atoms with Gasteiger partial charge in [-0.15, -0.1) is 0 Å². The third kappa shape index (κ3) is 3.00. The summed E-state index contributed by atoms with van der Waals surface area (Å²) in [5, 5.41) is 10.3. The van der Waals surface area contributed by atoms with Crippen LogP contribution in [0, 0.1) is 0 Å². The Kier molecular flexibility index (Phi) is 3.86. The van der Waals surface area contributed by atoms with Gasteiger partial charge in [-0.25, -0.2) is 13.1 Å². The van der Waals surface area contributed by atoms with Gasteiger partial charge in [0.15, 0.2) is 0 Å². The first kappa shape index (κ1) is 15.0. The molecule has 0 spiro atoms. The highest BCUT2D eigenvalue weighted by atomic mass is 32.2. The third-order valence-electron chi connectivity index (χ3n) is 3.29. The van der Waals surface area contributed by atoms with Crippen LogP contribution in [-0.2, 0) is 19.6 Å². The molecular formula is C13H17NO5S. The van der Waals surface area contributed by atoms with E-state index in [9.17, 15) is 18.3 Å². The summed E-state index contributed by atoms with van der Waals surface area (Å²) in [5.41, 5.74) is -1.49. The average Bonchev–Trinajstić information content (AvgIpc) is 2.34. The molecule has 1 fully saturated rings. The molecule has 0 saturated carbocycles. The predicted molar refractivity (Wildman–Crippen MR) is 71.3 cm³/mol. The van der Waals surface area contributed by atoms with E-state index >= 15 is 0 Å². The molecule has 1 aromatic carbocycles. The van der Waals surface area contributed by atoms with Crippen LogP contribution in [0.1, 0.15) is 20.3 Å². The number of rotatable bonds is 3. The average molecular weight is 299 g/mol. The molecular weight excluding hydrogens is 282 g/mol. The molecule has 1 aliphatic heterocycles. The van der Waals surface area contributed by atoms with Crippen LogP contribution in [0.15, 0.2) is 35.2 Å². The zero-order valence-electron chi connectivity index (χ0n) is 11.2. The molecule has 3 atom stereocenters. The van der Waals surface area contributed by atoms with Crippen LogP contribution in [0.4, 0.5) is 0 Å². The second kappa shape index (κ2) is 5.16. The zero-order chi connectivity index (χ0) is 15.0. The van der Waals surface area contributed by atoms with Crippen LogP contribution in [0.3, 0.4) is 0 Å². The molecule has 0 unspecified atom stereocenters. The molecule has 1 heterocycles. The lowest BCUT2D eigenvalue weighted by atomic mass is 9.88. The number of benzene rings is 1. The number of sulfonamides is 1. The maximum Gasteiger partial charge on any atom is 0.309 e. The SMILES string of the molecule is C[C@H]1OC(=O)C[C@@](C)(O)[C@H]1NS(=O)(=O)c1ccccc1. The number of hydrogen-bond acceptors (Lipinski definition) is 5. The number of aliphatic hydroxyl groups is 1. The minimum atomic E-state index is -3.78. The molecule has 0 aromatic heterocycles. The van der Waals surface area contributed by atoms with Crippen molar-refractivity contribution < 1.29 is 23.1 Å². The van der Waals surface area contributed by atoms with Crippen LogP contribution in [-0.4, -0.2) is 37.2 Å². The molecule has 1 saturated heterocycles. The Bertz CT molecular complexity index is 596. The van der Waals surface area contributed by atoms with E-state index in [4.69, 9.17) is 4.74 Å². The molecule has 2 N–H and O–H groups in total. The molecule has 0 radical (unpaired) electrons. The fraction of sp³-hybridized carbons (Fsp3) is 0.462. The van der Waals surface area contributed by atoms with Crippen molar-refractivity contribution in [2.75, 3.05) is 0 Å². The van der Waals surface area contributed by atoms with Gasteiger partial charge in [0.1, 0.15) is 6.10 Å². The topological polar surface area (TPSA) is 92.7 Å². The van der Waals surface area contributed by atoms with Gasteiger partial charge < -0.3 is 9.84 Å². The first-order valence-electron chi connectivity index (χ1n) is 6.21. The van der Waals surface area contributed by atoms with E-state index in [-0.39, 0.29) is 11.3 Å². The van der Waals surface area contributed by atoms with Crippen molar-refractivity contribution in [1.82, 2.24) is 4.72 Å². The van der Waals surface area contributed by atoms with E-state index in [1.54, 1.807) is 25.1 Å². The quantitative estimate of drug-likeness (QED) is 0.789. The summed E-state index contributed by atoms with van der Waals surface area (Å²) in [6.07, 6.45) is -0.996. The van der Waals surface area contributed by atoms with Crippen LogP contribution < -0.4 is 4.72 Å². The van der Waals surface area contributed by atoms with Gasteiger partial charge in [-0.1, -0.05) is 18.2 Å². The summed E-state index contributed by atoms with van der Waals surface area (Å²) in [4.78, 5) is 11.4. The molecule has 1 aliphatic rings. The number of ether oxygens (including phenoxy) is 1. The molecule has 110 valence electrons. The van der Waals surface area contributed by atoms with Gasteiger partial charge in [-0.05, 0) is 26.0 Å². The largest absolute Gasteiger partial charge is 0.461 e. The summed E-state index contributed by atoms with van der Waals surface area (Å²) in [6.45, 7) is 2.96. The van der Waals surface area contributed by atoms with Crippen LogP contribution in [0.25, 0.3) is 0 Å². The minimum Gasteiger partial charge on any atom is -0.461 e. The molecule has 6 nitrogen and oxygen atoms in total. The second-order valence-corrected chi connectivity index (χ2v) is 6.85. The lowest BCUT2D eigenvalue weighted by molar-refractivity contribution is -0.171. The molecule has 20 heavy (non-hydrogen) atoms. The Balaban J connectivity index is 2.26. The second-order valence-electron chi connectivity index (χ2n) is 5.14. The zero-order valence-corrected chi connectivity index (χ0v) is 12.1. The van der Waals surface area contributed by atoms with Crippen molar-refractivity contribution in [3.05, 3.63) is 30.3 Å². The van der Waals surface area contributed by atoms with Crippen molar-refractivity contribution >= 4 is 16.0 Å².